The predicted molar refractivity (Wildman–Crippen MR) is 105 cm³/mol. The number of aliphatic hydroxyl groups excluding tert-OH is 1. The standard InChI is InChI=1S/C23H23FN2O3/c24-18-4-2-1-3-17(18)14-5-7-15(8-6-14)22-19-11-25(23(29)16-9-10-16)12-21(28)26(19)20(22)13-27/h1-8,16,19-20,22,27H,9-13H2/t19-,20+,22+/m0/s1. The number of benzene rings is 2. The molecule has 0 radical (unpaired) electrons. The van der Waals surface area contributed by atoms with Crippen LogP contribution in [0.1, 0.15) is 24.3 Å². The van der Waals surface area contributed by atoms with E-state index < -0.39 is 0 Å². The molecule has 3 atom stereocenters. The summed E-state index contributed by atoms with van der Waals surface area (Å²) in [5.41, 5.74) is 2.33. The van der Waals surface area contributed by atoms with Crippen molar-refractivity contribution in [2.24, 2.45) is 5.92 Å². The van der Waals surface area contributed by atoms with E-state index in [1.807, 2.05) is 24.3 Å². The van der Waals surface area contributed by atoms with Crippen molar-refractivity contribution in [2.75, 3.05) is 19.7 Å². The Balaban J connectivity index is 1.40. The lowest BCUT2D eigenvalue weighted by atomic mass is 9.73. The lowest BCUT2D eigenvalue weighted by molar-refractivity contribution is -0.167. The molecule has 5 rings (SSSR count). The van der Waals surface area contributed by atoms with Gasteiger partial charge in [0.25, 0.3) is 0 Å². The molecule has 2 saturated heterocycles. The second-order valence-corrected chi connectivity index (χ2v) is 8.24. The first-order valence-electron chi connectivity index (χ1n) is 10.1. The highest BCUT2D eigenvalue weighted by molar-refractivity contribution is 5.89. The molecule has 29 heavy (non-hydrogen) atoms. The Morgan fingerprint density at radius 2 is 1.83 bits per heavy atom. The third-order valence-corrected chi connectivity index (χ3v) is 6.47. The van der Waals surface area contributed by atoms with Crippen molar-refractivity contribution in [2.45, 2.75) is 30.8 Å². The number of hydrogen-bond donors (Lipinski definition) is 1. The van der Waals surface area contributed by atoms with Gasteiger partial charge in [-0.05, 0) is 30.0 Å². The van der Waals surface area contributed by atoms with E-state index in [1.54, 1.807) is 28.0 Å². The highest BCUT2D eigenvalue weighted by atomic mass is 19.1. The van der Waals surface area contributed by atoms with E-state index in [0.29, 0.717) is 12.1 Å². The van der Waals surface area contributed by atoms with Gasteiger partial charge in [-0.25, -0.2) is 4.39 Å². The third kappa shape index (κ3) is 3.02. The van der Waals surface area contributed by atoms with Gasteiger partial charge in [0.1, 0.15) is 5.82 Å². The number of aliphatic hydroxyl groups is 1. The predicted octanol–water partition coefficient (Wildman–Crippen LogP) is 2.40. The first kappa shape index (κ1) is 18.3. The Hall–Kier alpha value is -2.73. The van der Waals surface area contributed by atoms with Crippen molar-refractivity contribution in [3.05, 3.63) is 59.9 Å². The monoisotopic (exact) mass is 394 g/mol. The van der Waals surface area contributed by atoms with Crippen molar-refractivity contribution < 1.29 is 19.1 Å². The van der Waals surface area contributed by atoms with Gasteiger partial charge in [0.05, 0.1) is 25.2 Å². The van der Waals surface area contributed by atoms with Crippen molar-refractivity contribution in [1.29, 1.82) is 0 Å². The minimum atomic E-state index is -0.273. The average Bonchev–Trinajstić information content (AvgIpc) is 3.55. The van der Waals surface area contributed by atoms with Crippen LogP contribution in [0.4, 0.5) is 4.39 Å². The maximum atomic E-state index is 14.1. The molecule has 1 N–H and O–H groups in total. The van der Waals surface area contributed by atoms with E-state index in [4.69, 9.17) is 0 Å². The molecule has 2 amide bonds. The number of carbonyl (C=O) groups excluding carboxylic acids is 2. The Labute approximate surface area is 168 Å². The summed E-state index contributed by atoms with van der Waals surface area (Å²) in [6, 6.07) is 13.9. The summed E-state index contributed by atoms with van der Waals surface area (Å²) in [5, 5.41) is 9.89. The summed E-state index contributed by atoms with van der Waals surface area (Å²) < 4.78 is 14.1. The van der Waals surface area contributed by atoms with E-state index >= 15 is 0 Å². The van der Waals surface area contributed by atoms with Gasteiger partial charge < -0.3 is 14.9 Å². The maximum absolute atomic E-state index is 14.1. The zero-order valence-electron chi connectivity index (χ0n) is 16.0. The molecule has 6 heteroatoms. The van der Waals surface area contributed by atoms with Gasteiger partial charge in [0.2, 0.25) is 11.8 Å². The van der Waals surface area contributed by atoms with Gasteiger partial charge in [-0.2, -0.15) is 0 Å². The average molecular weight is 394 g/mol. The van der Waals surface area contributed by atoms with Gasteiger partial charge >= 0.3 is 0 Å². The fourth-order valence-corrected chi connectivity index (χ4v) is 4.84. The first-order valence-corrected chi connectivity index (χ1v) is 10.1. The van der Waals surface area contributed by atoms with Crippen LogP contribution in [-0.4, -0.2) is 58.5 Å². The molecule has 3 aliphatic rings. The van der Waals surface area contributed by atoms with Crippen molar-refractivity contribution >= 4 is 11.8 Å². The van der Waals surface area contributed by atoms with Crippen molar-refractivity contribution in [3.63, 3.8) is 0 Å². The van der Waals surface area contributed by atoms with E-state index in [1.165, 1.54) is 6.07 Å². The first-order chi connectivity index (χ1) is 14.1. The topological polar surface area (TPSA) is 60.9 Å². The molecule has 5 nitrogen and oxygen atoms in total. The van der Waals surface area contributed by atoms with Crippen LogP contribution in [-0.2, 0) is 9.59 Å². The SMILES string of the molecule is O=C(C1CC1)N1CC(=O)N2[C@H](CO)[C@H](c3ccc(-c4ccccc4F)cc3)[C@@H]2C1. The molecule has 2 aromatic carbocycles. The van der Waals surface area contributed by atoms with E-state index in [0.717, 1.165) is 24.0 Å². The largest absolute Gasteiger partial charge is 0.394 e. The second-order valence-electron chi connectivity index (χ2n) is 8.24. The van der Waals surface area contributed by atoms with Gasteiger partial charge in [0, 0.05) is 23.9 Å². The maximum Gasteiger partial charge on any atom is 0.242 e. The molecule has 2 aromatic rings. The molecule has 0 spiro atoms. The molecule has 3 fully saturated rings. The van der Waals surface area contributed by atoms with E-state index in [9.17, 15) is 19.1 Å². The number of carbonyl (C=O) groups is 2. The number of fused-ring (bicyclic) bond motifs is 1. The number of amides is 2. The Morgan fingerprint density at radius 1 is 1.10 bits per heavy atom. The Morgan fingerprint density at radius 3 is 2.48 bits per heavy atom. The van der Waals surface area contributed by atoms with E-state index in [-0.39, 0.29) is 54.7 Å². The molecule has 1 aliphatic carbocycles. The van der Waals surface area contributed by atoms with Gasteiger partial charge in [0.15, 0.2) is 0 Å². The van der Waals surface area contributed by atoms with Crippen molar-refractivity contribution in [1.82, 2.24) is 9.80 Å². The van der Waals surface area contributed by atoms with Gasteiger partial charge in [-0.15, -0.1) is 0 Å². The number of nitrogens with zero attached hydrogens (tertiary/aromatic N) is 2. The number of halogens is 1. The summed E-state index contributed by atoms with van der Waals surface area (Å²) >= 11 is 0. The summed E-state index contributed by atoms with van der Waals surface area (Å²) in [6.45, 7) is 0.511. The number of hydrogen-bond acceptors (Lipinski definition) is 3. The normalized spacial score (nSPS) is 26.1. The van der Waals surface area contributed by atoms with Crippen LogP contribution in [0.3, 0.4) is 0 Å². The van der Waals surface area contributed by atoms with Crippen molar-refractivity contribution in [3.8, 4) is 11.1 Å². The lowest BCUT2D eigenvalue weighted by Crippen LogP contribution is -2.73. The van der Waals surface area contributed by atoms with Crippen LogP contribution in [0.15, 0.2) is 48.5 Å². The summed E-state index contributed by atoms with van der Waals surface area (Å²) in [7, 11) is 0. The molecule has 2 aliphatic heterocycles. The molecule has 0 aromatic heterocycles. The fourth-order valence-electron chi connectivity index (χ4n) is 4.84. The zero-order valence-corrected chi connectivity index (χ0v) is 16.0. The summed E-state index contributed by atoms with van der Waals surface area (Å²) in [5.74, 6) is -0.224. The fraction of sp³-hybridized carbons (Fsp3) is 0.391. The van der Waals surface area contributed by atoms with Gasteiger partial charge in [-0.3, -0.25) is 9.59 Å². The van der Waals surface area contributed by atoms with Crippen LogP contribution >= 0.6 is 0 Å². The van der Waals surface area contributed by atoms with Crippen LogP contribution in [0.25, 0.3) is 11.1 Å². The Bertz CT molecular complexity index is 957. The van der Waals surface area contributed by atoms with Crippen LogP contribution in [0, 0.1) is 11.7 Å². The molecular formula is C23H23FN2O3. The minimum absolute atomic E-state index is 0.0339. The van der Waals surface area contributed by atoms with Crippen LogP contribution in [0.5, 0.6) is 0 Å². The third-order valence-electron chi connectivity index (χ3n) is 6.47. The quantitative estimate of drug-likeness (QED) is 0.866. The highest BCUT2D eigenvalue weighted by Gasteiger charge is 2.55. The van der Waals surface area contributed by atoms with Gasteiger partial charge in [-0.1, -0.05) is 42.5 Å². The zero-order chi connectivity index (χ0) is 20.1. The smallest absolute Gasteiger partial charge is 0.242 e. The molecular weight excluding hydrogens is 371 g/mol. The molecule has 1 saturated carbocycles. The van der Waals surface area contributed by atoms with Crippen LogP contribution < -0.4 is 0 Å². The van der Waals surface area contributed by atoms with Crippen LogP contribution in [0.2, 0.25) is 0 Å². The Kier molecular flexibility index (Phi) is 4.39. The second kappa shape index (κ2) is 6.95. The molecule has 0 unspecified atom stereocenters. The summed E-state index contributed by atoms with van der Waals surface area (Å²) in [4.78, 5) is 28.5. The summed E-state index contributed by atoms with van der Waals surface area (Å²) in [6.07, 6.45) is 1.83. The number of rotatable bonds is 4. The lowest BCUT2D eigenvalue weighted by Gasteiger charge is -2.58. The molecule has 0 bridgehead atoms. The molecule has 150 valence electrons. The molecule has 2 heterocycles. The van der Waals surface area contributed by atoms with E-state index in [2.05, 4.69) is 0 Å². The highest BCUT2D eigenvalue weighted by Crippen LogP contribution is 2.44. The number of piperazine rings is 1. The minimum Gasteiger partial charge on any atom is -0.394 e.